The summed E-state index contributed by atoms with van der Waals surface area (Å²) in [6, 6.07) is 5.87. The number of carbonyl (C=O) groups excluding carboxylic acids is 1. The van der Waals surface area contributed by atoms with Gasteiger partial charge in [-0.2, -0.15) is 0 Å². The third-order valence-corrected chi connectivity index (χ3v) is 4.47. The Morgan fingerprint density at radius 3 is 2.55 bits per heavy atom. The molecule has 0 aromatic heterocycles. The minimum absolute atomic E-state index is 0.0290. The number of primary sulfonamides is 1. The number of carbonyl (C=O) groups is 1. The highest BCUT2D eigenvalue weighted by Crippen LogP contribution is 2.30. The summed E-state index contributed by atoms with van der Waals surface area (Å²) < 4.78 is 22.5. The van der Waals surface area contributed by atoms with Gasteiger partial charge < -0.3 is 11.1 Å². The average Bonchev–Trinajstić information content (AvgIpc) is 2.74. The van der Waals surface area contributed by atoms with Crippen LogP contribution in [-0.4, -0.2) is 19.9 Å². The zero-order chi connectivity index (χ0) is 14.8. The fraction of sp³-hybridized carbons (Fsp3) is 0.462. The van der Waals surface area contributed by atoms with Gasteiger partial charge >= 0.3 is 0 Å². The summed E-state index contributed by atoms with van der Waals surface area (Å²) in [5.74, 6) is -0.207. The predicted molar refractivity (Wildman–Crippen MR) is 76.4 cm³/mol. The van der Waals surface area contributed by atoms with Gasteiger partial charge in [0.25, 0.3) is 0 Å². The van der Waals surface area contributed by atoms with Crippen LogP contribution in [0.15, 0.2) is 29.2 Å². The summed E-state index contributed by atoms with van der Waals surface area (Å²) in [5.41, 5.74) is 6.11. The van der Waals surface area contributed by atoms with Crippen molar-refractivity contribution in [2.45, 2.75) is 42.5 Å². The van der Waals surface area contributed by atoms with Crippen LogP contribution in [0, 0.1) is 0 Å². The number of hydrogen-bond acceptors (Lipinski definition) is 4. The molecule has 0 aliphatic heterocycles. The highest BCUT2D eigenvalue weighted by Gasteiger charge is 2.31. The van der Waals surface area contributed by atoms with E-state index in [4.69, 9.17) is 10.9 Å². The first-order chi connectivity index (χ1) is 9.28. The molecule has 0 saturated heterocycles. The van der Waals surface area contributed by atoms with E-state index in [0.717, 1.165) is 25.7 Å². The Bertz CT molecular complexity index is 607. The smallest absolute Gasteiger partial charge is 0.238 e. The monoisotopic (exact) mass is 297 g/mol. The highest BCUT2D eigenvalue weighted by atomic mass is 32.2. The number of hydrogen-bond donors (Lipinski definition) is 3. The Morgan fingerprint density at radius 1 is 1.30 bits per heavy atom. The van der Waals surface area contributed by atoms with E-state index in [-0.39, 0.29) is 17.2 Å². The van der Waals surface area contributed by atoms with Crippen molar-refractivity contribution in [2.75, 3.05) is 5.32 Å². The highest BCUT2D eigenvalue weighted by molar-refractivity contribution is 7.89. The van der Waals surface area contributed by atoms with E-state index in [2.05, 4.69) is 5.32 Å². The van der Waals surface area contributed by atoms with Gasteiger partial charge in [0.05, 0.1) is 4.90 Å². The Labute approximate surface area is 118 Å². The minimum atomic E-state index is -3.77. The number of sulfonamides is 1. The lowest BCUT2D eigenvalue weighted by atomic mass is 9.94. The molecule has 1 saturated carbocycles. The maximum atomic E-state index is 12.0. The number of rotatable bonds is 4. The molecule has 5 N–H and O–H groups in total. The fourth-order valence-electron chi connectivity index (χ4n) is 2.53. The van der Waals surface area contributed by atoms with E-state index in [1.807, 2.05) is 0 Å². The number of amides is 1. The van der Waals surface area contributed by atoms with Crippen LogP contribution in [0.5, 0.6) is 0 Å². The van der Waals surface area contributed by atoms with Crippen LogP contribution in [0.4, 0.5) is 5.69 Å². The van der Waals surface area contributed by atoms with Gasteiger partial charge in [-0.25, -0.2) is 13.6 Å². The van der Waals surface area contributed by atoms with E-state index in [1.165, 1.54) is 18.2 Å². The van der Waals surface area contributed by atoms with Crippen LogP contribution < -0.4 is 16.2 Å². The van der Waals surface area contributed by atoms with Crippen LogP contribution >= 0.6 is 0 Å². The molecule has 6 nitrogen and oxygen atoms in total. The zero-order valence-electron chi connectivity index (χ0n) is 11.1. The molecule has 2 rings (SSSR count). The molecule has 1 aliphatic rings. The van der Waals surface area contributed by atoms with Crippen LogP contribution in [0.25, 0.3) is 0 Å². The summed E-state index contributed by atoms with van der Waals surface area (Å²) in [7, 11) is -3.77. The minimum Gasteiger partial charge on any atom is -0.326 e. The molecular formula is C13H19N3O3S. The van der Waals surface area contributed by atoms with Crippen LogP contribution in [0.3, 0.4) is 0 Å². The second-order valence-electron chi connectivity index (χ2n) is 5.37. The molecule has 0 spiro atoms. The lowest BCUT2D eigenvalue weighted by molar-refractivity contribution is -0.117. The molecule has 0 unspecified atom stereocenters. The van der Waals surface area contributed by atoms with Gasteiger partial charge in [0.15, 0.2) is 0 Å². The lowest BCUT2D eigenvalue weighted by Crippen LogP contribution is -2.40. The van der Waals surface area contributed by atoms with E-state index in [0.29, 0.717) is 5.69 Å². The SMILES string of the molecule is NC1(CC(=O)Nc2cccc(S(N)(=O)=O)c2)CCCC1. The number of nitrogens with one attached hydrogen (secondary N) is 1. The Hall–Kier alpha value is -1.44. The average molecular weight is 297 g/mol. The van der Waals surface area contributed by atoms with Crippen molar-refractivity contribution in [3.63, 3.8) is 0 Å². The summed E-state index contributed by atoms with van der Waals surface area (Å²) in [6.07, 6.45) is 4.03. The van der Waals surface area contributed by atoms with Crippen molar-refractivity contribution in [3.05, 3.63) is 24.3 Å². The van der Waals surface area contributed by atoms with Crippen LogP contribution in [0.2, 0.25) is 0 Å². The first-order valence-electron chi connectivity index (χ1n) is 6.50. The Morgan fingerprint density at radius 2 is 1.95 bits per heavy atom. The molecule has 0 bridgehead atoms. The van der Waals surface area contributed by atoms with Gasteiger partial charge in [0, 0.05) is 17.6 Å². The molecular weight excluding hydrogens is 278 g/mol. The number of nitrogens with two attached hydrogens (primary N) is 2. The summed E-state index contributed by atoms with van der Waals surface area (Å²) in [4.78, 5) is 11.9. The maximum Gasteiger partial charge on any atom is 0.238 e. The summed E-state index contributed by atoms with van der Waals surface area (Å²) >= 11 is 0. The first-order valence-corrected chi connectivity index (χ1v) is 8.05. The van der Waals surface area contributed by atoms with Gasteiger partial charge in [-0.05, 0) is 31.0 Å². The third kappa shape index (κ3) is 3.78. The topological polar surface area (TPSA) is 115 Å². The summed E-state index contributed by atoms with van der Waals surface area (Å²) in [6.45, 7) is 0. The van der Waals surface area contributed by atoms with Crippen LogP contribution in [0.1, 0.15) is 32.1 Å². The van der Waals surface area contributed by atoms with Gasteiger partial charge in [-0.1, -0.05) is 18.9 Å². The Kier molecular flexibility index (Phi) is 4.12. The quantitative estimate of drug-likeness (QED) is 0.766. The maximum absolute atomic E-state index is 12.0. The van der Waals surface area contributed by atoms with Gasteiger partial charge in [0.1, 0.15) is 0 Å². The number of benzene rings is 1. The molecule has 1 aliphatic carbocycles. The van der Waals surface area contributed by atoms with Crippen molar-refractivity contribution in [1.82, 2.24) is 0 Å². The van der Waals surface area contributed by atoms with Crippen molar-refractivity contribution in [2.24, 2.45) is 10.9 Å². The van der Waals surface area contributed by atoms with Crippen molar-refractivity contribution in [3.8, 4) is 0 Å². The molecule has 0 atom stereocenters. The molecule has 1 aromatic rings. The zero-order valence-corrected chi connectivity index (χ0v) is 11.9. The second kappa shape index (κ2) is 5.51. The first kappa shape index (κ1) is 15.0. The molecule has 110 valence electrons. The molecule has 1 fully saturated rings. The van der Waals surface area contributed by atoms with E-state index < -0.39 is 15.6 Å². The lowest BCUT2D eigenvalue weighted by Gasteiger charge is -2.22. The normalized spacial score (nSPS) is 17.9. The largest absolute Gasteiger partial charge is 0.326 e. The van der Waals surface area contributed by atoms with Crippen molar-refractivity contribution in [1.29, 1.82) is 0 Å². The molecule has 0 heterocycles. The second-order valence-corrected chi connectivity index (χ2v) is 6.93. The molecule has 20 heavy (non-hydrogen) atoms. The molecule has 0 radical (unpaired) electrons. The van der Waals surface area contributed by atoms with E-state index in [9.17, 15) is 13.2 Å². The number of anilines is 1. The summed E-state index contributed by atoms with van der Waals surface area (Å²) in [5, 5.41) is 7.72. The van der Waals surface area contributed by atoms with Crippen molar-refractivity contribution < 1.29 is 13.2 Å². The predicted octanol–water partition coefficient (Wildman–Crippen LogP) is 0.934. The molecule has 1 amide bonds. The van der Waals surface area contributed by atoms with Gasteiger partial charge in [-0.15, -0.1) is 0 Å². The molecule has 7 heteroatoms. The standard InChI is InChI=1S/C13H19N3O3S/c14-13(6-1-2-7-13)9-12(17)16-10-4-3-5-11(8-10)20(15,18)19/h3-5,8H,1-2,6-7,9,14H2,(H,16,17)(H2,15,18,19). The molecule has 1 aromatic carbocycles. The third-order valence-electron chi connectivity index (χ3n) is 3.56. The van der Waals surface area contributed by atoms with E-state index >= 15 is 0 Å². The van der Waals surface area contributed by atoms with Gasteiger partial charge in [0.2, 0.25) is 15.9 Å². The van der Waals surface area contributed by atoms with Crippen LogP contribution in [-0.2, 0) is 14.8 Å². The Balaban J connectivity index is 2.05. The van der Waals surface area contributed by atoms with Crippen molar-refractivity contribution >= 4 is 21.6 Å². The van der Waals surface area contributed by atoms with E-state index in [1.54, 1.807) is 6.07 Å². The van der Waals surface area contributed by atoms with Gasteiger partial charge in [-0.3, -0.25) is 4.79 Å². The fourth-order valence-corrected chi connectivity index (χ4v) is 3.09.